The van der Waals surface area contributed by atoms with E-state index in [1.165, 1.54) is 161 Å². The van der Waals surface area contributed by atoms with Gasteiger partial charge in [0.25, 0.3) is 0 Å². The van der Waals surface area contributed by atoms with E-state index >= 15 is 0 Å². The highest BCUT2D eigenvalue weighted by atomic mass is 31.2. The first-order chi connectivity index (χ1) is 41.9. The molecule has 0 aromatic rings. The topological polar surface area (TPSA) is 237 Å². The van der Waals surface area contributed by atoms with E-state index < -0.39 is 97.5 Å². The van der Waals surface area contributed by atoms with Crippen LogP contribution in [0.25, 0.3) is 0 Å². The average molecular weight is 1280 g/mol. The molecule has 0 heterocycles. The van der Waals surface area contributed by atoms with Crippen LogP contribution >= 0.6 is 15.6 Å². The predicted octanol–water partition coefficient (Wildman–Crippen LogP) is 19.2. The molecule has 0 saturated heterocycles. The molecule has 0 aliphatic rings. The fourth-order valence-corrected chi connectivity index (χ4v) is 11.8. The molecule has 0 fully saturated rings. The van der Waals surface area contributed by atoms with Gasteiger partial charge in [-0.15, -0.1) is 0 Å². The molecule has 0 radical (unpaired) electrons. The maximum atomic E-state index is 13.0. The van der Waals surface area contributed by atoms with Gasteiger partial charge in [0.15, 0.2) is 12.2 Å². The van der Waals surface area contributed by atoms with Crippen LogP contribution in [0.3, 0.4) is 0 Å². The zero-order chi connectivity index (χ0) is 64.3. The van der Waals surface area contributed by atoms with Gasteiger partial charge in [-0.2, -0.15) is 0 Å². The van der Waals surface area contributed by atoms with E-state index in [1.807, 2.05) is 0 Å². The van der Waals surface area contributed by atoms with Gasteiger partial charge in [0, 0.05) is 25.7 Å². The van der Waals surface area contributed by atoms with E-state index in [-0.39, 0.29) is 25.7 Å². The van der Waals surface area contributed by atoms with Crippen LogP contribution in [0.15, 0.2) is 0 Å². The maximum Gasteiger partial charge on any atom is 0.472 e. The molecule has 19 heteroatoms. The van der Waals surface area contributed by atoms with Gasteiger partial charge in [0.05, 0.1) is 26.4 Å². The number of hydrogen-bond acceptors (Lipinski definition) is 15. The first kappa shape index (κ1) is 85.1. The third-order valence-electron chi connectivity index (χ3n) is 15.7. The molecule has 87 heavy (non-hydrogen) atoms. The monoisotopic (exact) mass is 1280 g/mol. The second-order valence-electron chi connectivity index (χ2n) is 25.5. The molecule has 0 rings (SSSR count). The molecule has 2 unspecified atom stereocenters. The summed E-state index contributed by atoms with van der Waals surface area (Å²) in [6.45, 7) is 9.46. The third-order valence-corrected chi connectivity index (χ3v) is 17.6. The second-order valence-corrected chi connectivity index (χ2v) is 28.4. The van der Waals surface area contributed by atoms with Crippen molar-refractivity contribution in [2.75, 3.05) is 39.6 Å². The Morgan fingerprint density at radius 3 is 0.782 bits per heavy atom. The van der Waals surface area contributed by atoms with Gasteiger partial charge in [-0.05, 0) is 37.5 Å². The summed E-state index contributed by atoms with van der Waals surface area (Å²) in [6.07, 6.45) is 44.4. The SMILES string of the molecule is CCCCCCCCCCCCCCCC(=O)O[C@H](COC(=O)CCCCCCCCCCCCCC)COP(=O)(O)OC[C@@H](O)COP(=O)(O)OC[C@@H](COC(=O)CCCCCCCCCCC(C)C)OC(=O)CCCCCCCCCCC(C)C. The Balaban J connectivity index is 5.25. The van der Waals surface area contributed by atoms with Crippen LogP contribution in [0, 0.1) is 11.8 Å². The highest BCUT2D eigenvalue weighted by molar-refractivity contribution is 7.47. The Kier molecular flexibility index (Phi) is 59.0. The average Bonchev–Trinajstić information content (AvgIpc) is 3.67. The fraction of sp³-hybridized carbons (Fsp3) is 0.941. The minimum atomic E-state index is -4.95. The maximum absolute atomic E-state index is 13.0. The summed E-state index contributed by atoms with van der Waals surface area (Å²) in [5.74, 6) is -0.683. The number of carbonyl (C=O) groups is 4. The Hall–Kier alpha value is -1.94. The lowest BCUT2D eigenvalue weighted by Gasteiger charge is -2.21. The van der Waals surface area contributed by atoms with Crippen molar-refractivity contribution in [3.63, 3.8) is 0 Å². The molecule has 0 bridgehead atoms. The molecule has 0 aromatic heterocycles. The summed E-state index contributed by atoms with van der Waals surface area (Å²) in [4.78, 5) is 72.4. The number of ether oxygens (including phenoxy) is 4. The van der Waals surface area contributed by atoms with Crippen LogP contribution in [0.4, 0.5) is 0 Å². The van der Waals surface area contributed by atoms with Gasteiger partial charge in [-0.25, -0.2) is 9.13 Å². The van der Waals surface area contributed by atoms with E-state index in [9.17, 15) is 43.2 Å². The number of aliphatic hydroxyl groups excluding tert-OH is 1. The quantitative estimate of drug-likeness (QED) is 0.0222. The normalized spacial score (nSPS) is 14.2. The number of unbranched alkanes of at least 4 members (excludes halogenated alkanes) is 37. The second kappa shape index (κ2) is 60.3. The summed E-state index contributed by atoms with van der Waals surface area (Å²) in [6, 6.07) is 0. The van der Waals surface area contributed by atoms with Gasteiger partial charge in [-0.3, -0.25) is 37.3 Å². The van der Waals surface area contributed by atoms with E-state index in [2.05, 4.69) is 41.5 Å². The lowest BCUT2D eigenvalue weighted by Crippen LogP contribution is -2.30. The number of rotatable bonds is 67. The number of phosphoric acid groups is 2. The largest absolute Gasteiger partial charge is 0.472 e. The summed E-state index contributed by atoms with van der Waals surface area (Å²) in [5, 5.41) is 10.6. The van der Waals surface area contributed by atoms with Crippen LogP contribution < -0.4 is 0 Å². The molecule has 0 spiro atoms. The number of aliphatic hydroxyl groups is 1. The zero-order valence-corrected chi connectivity index (χ0v) is 58.1. The standard InChI is InChI=1S/C68H132O17P2/c1-7-9-11-13-15-17-19-21-23-25-34-40-46-52-67(72)84-63(56-78-65(70)50-44-38-32-24-22-20-18-16-14-12-10-8-2)58-82-86(74,75)80-54-62(69)55-81-87(76,77)83-59-64(85-68(73)53-47-41-35-29-27-31-37-43-49-61(5)6)57-79-66(71)51-45-39-33-28-26-30-36-42-48-60(3)4/h60-64,69H,7-59H2,1-6H3,(H,74,75)(H,76,77)/t62-,63-,64-/m1/s1. The van der Waals surface area contributed by atoms with Gasteiger partial charge >= 0.3 is 39.5 Å². The first-order valence-electron chi connectivity index (χ1n) is 35.5. The van der Waals surface area contributed by atoms with Crippen LogP contribution in [0.2, 0.25) is 0 Å². The molecule has 516 valence electrons. The molecule has 0 amide bonds. The smallest absolute Gasteiger partial charge is 0.462 e. The molecular weight excluding hydrogens is 1150 g/mol. The van der Waals surface area contributed by atoms with Gasteiger partial charge in [0.1, 0.15) is 19.3 Å². The third kappa shape index (κ3) is 62.6. The van der Waals surface area contributed by atoms with E-state index in [1.54, 1.807) is 0 Å². The highest BCUT2D eigenvalue weighted by Crippen LogP contribution is 2.45. The van der Waals surface area contributed by atoms with Gasteiger partial charge < -0.3 is 33.8 Å². The molecule has 5 atom stereocenters. The molecule has 3 N–H and O–H groups in total. The van der Waals surface area contributed by atoms with Crippen molar-refractivity contribution in [1.29, 1.82) is 0 Å². The minimum absolute atomic E-state index is 0.104. The zero-order valence-electron chi connectivity index (χ0n) is 56.3. The first-order valence-corrected chi connectivity index (χ1v) is 38.5. The number of carbonyl (C=O) groups excluding carboxylic acids is 4. The molecule has 0 aromatic carbocycles. The van der Waals surface area contributed by atoms with Gasteiger partial charge in [-0.1, -0.05) is 292 Å². The van der Waals surface area contributed by atoms with Crippen LogP contribution in [0.1, 0.15) is 343 Å². The van der Waals surface area contributed by atoms with Crippen LogP contribution in [0.5, 0.6) is 0 Å². The number of hydrogen-bond donors (Lipinski definition) is 3. The van der Waals surface area contributed by atoms with E-state index in [0.29, 0.717) is 25.7 Å². The highest BCUT2D eigenvalue weighted by Gasteiger charge is 2.30. The summed E-state index contributed by atoms with van der Waals surface area (Å²) >= 11 is 0. The summed E-state index contributed by atoms with van der Waals surface area (Å²) in [5.41, 5.74) is 0. The Morgan fingerprint density at radius 1 is 0.310 bits per heavy atom. The van der Waals surface area contributed by atoms with Crippen LogP contribution in [-0.2, 0) is 65.4 Å². The Morgan fingerprint density at radius 2 is 0.529 bits per heavy atom. The molecule has 17 nitrogen and oxygen atoms in total. The lowest BCUT2D eigenvalue weighted by atomic mass is 10.0. The minimum Gasteiger partial charge on any atom is -0.462 e. The van der Waals surface area contributed by atoms with Crippen molar-refractivity contribution in [3.05, 3.63) is 0 Å². The Bertz CT molecular complexity index is 1700. The van der Waals surface area contributed by atoms with Crippen molar-refractivity contribution in [2.24, 2.45) is 11.8 Å². The number of phosphoric ester groups is 2. The van der Waals surface area contributed by atoms with E-state index in [0.717, 1.165) is 102 Å². The van der Waals surface area contributed by atoms with E-state index in [4.69, 9.17) is 37.0 Å². The lowest BCUT2D eigenvalue weighted by molar-refractivity contribution is -0.161. The van der Waals surface area contributed by atoms with Crippen molar-refractivity contribution >= 4 is 39.5 Å². The Labute approximate surface area is 530 Å². The van der Waals surface area contributed by atoms with Crippen LogP contribution in [-0.4, -0.2) is 96.7 Å². The van der Waals surface area contributed by atoms with Crippen molar-refractivity contribution < 1.29 is 80.2 Å². The van der Waals surface area contributed by atoms with Crippen molar-refractivity contribution in [2.45, 2.75) is 362 Å². The van der Waals surface area contributed by atoms with Crippen molar-refractivity contribution in [1.82, 2.24) is 0 Å². The summed E-state index contributed by atoms with van der Waals surface area (Å²) < 4.78 is 68.2. The van der Waals surface area contributed by atoms with Crippen molar-refractivity contribution in [3.8, 4) is 0 Å². The molecular formula is C68H132O17P2. The molecule has 0 aliphatic heterocycles. The van der Waals surface area contributed by atoms with Gasteiger partial charge in [0.2, 0.25) is 0 Å². The number of esters is 4. The summed E-state index contributed by atoms with van der Waals surface area (Å²) in [7, 11) is -9.90. The predicted molar refractivity (Wildman–Crippen MR) is 349 cm³/mol. The molecule has 0 aliphatic carbocycles. The molecule has 0 saturated carbocycles. The fourth-order valence-electron chi connectivity index (χ4n) is 10.2.